The van der Waals surface area contributed by atoms with E-state index in [4.69, 9.17) is 0 Å². The molecule has 112 valence electrons. The monoisotopic (exact) mass is 368 g/mol. The van der Waals surface area contributed by atoms with Crippen molar-refractivity contribution in [2.75, 3.05) is 0 Å². The van der Waals surface area contributed by atoms with Crippen molar-refractivity contribution in [3.8, 4) is 0 Å². The number of hydrogen-bond acceptors (Lipinski definition) is 3. The van der Waals surface area contributed by atoms with Gasteiger partial charge in [-0.1, -0.05) is 17.8 Å². The first-order chi connectivity index (χ1) is 9.85. The molecular weight excluding hydrogens is 351 g/mol. The molecule has 0 radical (unpaired) electrons. The Bertz CT molecular complexity index is 626. The van der Waals surface area contributed by atoms with E-state index >= 15 is 0 Å². The van der Waals surface area contributed by atoms with Crippen molar-refractivity contribution in [1.29, 1.82) is 0 Å². The van der Waals surface area contributed by atoms with Gasteiger partial charge in [0.2, 0.25) is 0 Å². The van der Waals surface area contributed by atoms with Gasteiger partial charge in [-0.3, -0.25) is 0 Å². The van der Waals surface area contributed by atoms with Crippen LogP contribution in [0.15, 0.2) is 50.9 Å². The minimum absolute atomic E-state index is 0.0166. The van der Waals surface area contributed by atoms with Crippen molar-refractivity contribution < 1.29 is 4.39 Å². The number of nitrogens with zero attached hydrogens (tertiary/aromatic N) is 1. The Morgan fingerprint density at radius 2 is 2.05 bits per heavy atom. The van der Waals surface area contributed by atoms with Crippen molar-refractivity contribution in [1.82, 2.24) is 10.3 Å². The predicted molar refractivity (Wildman–Crippen MR) is 89.1 cm³/mol. The van der Waals surface area contributed by atoms with Crippen LogP contribution in [0, 0.1) is 5.82 Å². The van der Waals surface area contributed by atoms with E-state index in [0.717, 1.165) is 15.1 Å². The molecule has 5 heteroatoms. The maximum absolute atomic E-state index is 14.2. The van der Waals surface area contributed by atoms with Crippen molar-refractivity contribution in [2.24, 2.45) is 0 Å². The van der Waals surface area contributed by atoms with Crippen molar-refractivity contribution in [3.63, 3.8) is 0 Å². The van der Waals surface area contributed by atoms with Gasteiger partial charge < -0.3 is 5.32 Å². The molecule has 0 fully saturated rings. The van der Waals surface area contributed by atoms with Crippen LogP contribution in [0.5, 0.6) is 0 Å². The SMILES string of the molecule is CC(C)(C)NCc1ccc(Sc2ncccc2Br)c(F)c1. The van der Waals surface area contributed by atoms with Gasteiger partial charge in [0.1, 0.15) is 10.8 Å². The van der Waals surface area contributed by atoms with E-state index in [0.29, 0.717) is 11.4 Å². The fourth-order valence-corrected chi connectivity index (χ4v) is 2.93. The third-order valence-electron chi connectivity index (χ3n) is 2.75. The molecule has 0 saturated carbocycles. The molecule has 1 heterocycles. The Morgan fingerprint density at radius 1 is 1.29 bits per heavy atom. The number of pyridine rings is 1. The topological polar surface area (TPSA) is 24.9 Å². The lowest BCUT2D eigenvalue weighted by atomic mass is 10.1. The summed E-state index contributed by atoms with van der Waals surface area (Å²) in [7, 11) is 0. The molecule has 0 bridgehead atoms. The molecule has 1 aromatic heterocycles. The molecule has 0 saturated heterocycles. The van der Waals surface area contributed by atoms with E-state index < -0.39 is 0 Å². The summed E-state index contributed by atoms with van der Waals surface area (Å²) in [6.07, 6.45) is 1.70. The van der Waals surface area contributed by atoms with Gasteiger partial charge in [0.05, 0.1) is 4.47 Å². The summed E-state index contributed by atoms with van der Waals surface area (Å²) in [5.41, 5.74) is 0.953. The van der Waals surface area contributed by atoms with E-state index in [9.17, 15) is 4.39 Å². The summed E-state index contributed by atoms with van der Waals surface area (Å²) in [5.74, 6) is -0.217. The maximum atomic E-state index is 14.2. The lowest BCUT2D eigenvalue weighted by Gasteiger charge is -2.20. The number of rotatable bonds is 4. The highest BCUT2D eigenvalue weighted by Crippen LogP contribution is 2.33. The van der Waals surface area contributed by atoms with Gasteiger partial charge in [-0.05, 0) is 66.5 Å². The Kier molecular flexibility index (Phi) is 5.41. The Labute approximate surface area is 137 Å². The summed E-state index contributed by atoms with van der Waals surface area (Å²) in [4.78, 5) is 4.82. The third kappa shape index (κ3) is 5.09. The highest BCUT2D eigenvalue weighted by Gasteiger charge is 2.11. The Hall–Kier alpha value is -0.910. The summed E-state index contributed by atoms with van der Waals surface area (Å²) >= 11 is 4.74. The van der Waals surface area contributed by atoms with E-state index in [1.807, 2.05) is 18.2 Å². The van der Waals surface area contributed by atoms with Gasteiger partial charge in [0.25, 0.3) is 0 Å². The van der Waals surface area contributed by atoms with Crippen molar-refractivity contribution in [3.05, 3.63) is 52.4 Å². The van der Waals surface area contributed by atoms with Crippen LogP contribution in [0.2, 0.25) is 0 Å². The van der Waals surface area contributed by atoms with Crippen LogP contribution in [-0.4, -0.2) is 10.5 Å². The van der Waals surface area contributed by atoms with Gasteiger partial charge in [0.15, 0.2) is 0 Å². The molecule has 0 atom stereocenters. The second-order valence-corrected chi connectivity index (χ2v) is 7.65. The first kappa shape index (κ1) is 16.5. The summed E-state index contributed by atoms with van der Waals surface area (Å²) in [6.45, 7) is 6.92. The standard InChI is InChI=1S/C16H18BrFN2S/c1-16(2,3)20-10-11-6-7-14(13(18)9-11)21-15-12(17)5-4-8-19-15/h4-9,20H,10H2,1-3H3. The minimum Gasteiger partial charge on any atom is -0.308 e. The summed E-state index contributed by atoms with van der Waals surface area (Å²) < 4.78 is 15.1. The predicted octanol–water partition coefficient (Wildman–Crippen LogP) is 5.02. The first-order valence-corrected chi connectivity index (χ1v) is 8.28. The van der Waals surface area contributed by atoms with Gasteiger partial charge in [0, 0.05) is 23.2 Å². The molecule has 0 spiro atoms. The molecule has 0 unspecified atom stereocenters. The van der Waals surface area contributed by atoms with Gasteiger partial charge >= 0.3 is 0 Å². The minimum atomic E-state index is -0.217. The molecule has 2 nitrogen and oxygen atoms in total. The van der Waals surface area contributed by atoms with E-state index in [2.05, 4.69) is 47.0 Å². The van der Waals surface area contributed by atoms with Crippen LogP contribution >= 0.6 is 27.7 Å². The number of nitrogens with one attached hydrogen (secondary N) is 1. The molecule has 21 heavy (non-hydrogen) atoms. The van der Waals surface area contributed by atoms with Crippen LogP contribution < -0.4 is 5.32 Å². The second kappa shape index (κ2) is 6.90. The van der Waals surface area contributed by atoms with E-state index in [1.165, 1.54) is 11.8 Å². The number of aromatic nitrogens is 1. The average molecular weight is 369 g/mol. The van der Waals surface area contributed by atoms with Crippen LogP contribution in [0.4, 0.5) is 4.39 Å². The van der Waals surface area contributed by atoms with Crippen LogP contribution in [-0.2, 0) is 6.54 Å². The quantitative estimate of drug-likeness (QED) is 0.819. The van der Waals surface area contributed by atoms with Crippen LogP contribution in [0.3, 0.4) is 0 Å². The molecule has 2 rings (SSSR count). The lowest BCUT2D eigenvalue weighted by molar-refractivity contribution is 0.423. The van der Waals surface area contributed by atoms with E-state index in [-0.39, 0.29) is 11.4 Å². The lowest BCUT2D eigenvalue weighted by Crippen LogP contribution is -2.35. The molecular formula is C16H18BrFN2S. The molecule has 0 amide bonds. The highest BCUT2D eigenvalue weighted by molar-refractivity contribution is 9.10. The number of halogens is 2. The fourth-order valence-electron chi connectivity index (χ4n) is 1.65. The van der Waals surface area contributed by atoms with Crippen molar-refractivity contribution in [2.45, 2.75) is 42.8 Å². The molecule has 0 aliphatic heterocycles. The number of benzene rings is 1. The van der Waals surface area contributed by atoms with Crippen molar-refractivity contribution >= 4 is 27.7 Å². The zero-order valence-corrected chi connectivity index (χ0v) is 14.7. The smallest absolute Gasteiger partial charge is 0.137 e. The van der Waals surface area contributed by atoms with Gasteiger partial charge in [-0.25, -0.2) is 9.37 Å². The highest BCUT2D eigenvalue weighted by atomic mass is 79.9. The molecule has 1 aromatic carbocycles. The molecule has 1 N–H and O–H groups in total. The average Bonchev–Trinajstić information content (AvgIpc) is 2.41. The third-order valence-corrected chi connectivity index (χ3v) is 4.72. The van der Waals surface area contributed by atoms with E-state index in [1.54, 1.807) is 18.3 Å². The Morgan fingerprint density at radius 3 is 2.67 bits per heavy atom. The first-order valence-electron chi connectivity index (χ1n) is 6.67. The van der Waals surface area contributed by atoms with Gasteiger partial charge in [-0.15, -0.1) is 0 Å². The zero-order valence-electron chi connectivity index (χ0n) is 12.3. The zero-order chi connectivity index (χ0) is 15.5. The largest absolute Gasteiger partial charge is 0.308 e. The fraction of sp³-hybridized carbons (Fsp3) is 0.312. The normalized spacial score (nSPS) is 11.7. The molecule has 0 aliphatic carbocycles. The second-order valence-electron chi connectivity index (χ2n) is 5.76. The van der Waals surface area contributed by atoms with Crippen LogP contribution in [0.25, 0.3) is 0 Å². The number of hydrogen-bond donors (Lipinski definition) is 1. The Balaban J connectivity index is 2.11. The van der Waals surface area contributed by atoms with Gasteiger partial charge in [-0.2, -0.15) is 0 Å². The molecule has 2 aromatic rings. The summed E-state index contributed by atoms with van der Waals surface area (Å²) in [5, 5.41) is 4.11. The maximum Gasteiger partial charge on any atom is 0.137 e. The molecule has 0 aliphatic rings. The van der Waals surface area contributed by atoms with Crippen LogP contribution in [0.1, 0.15) is 26.3 Å². The summed E-state index contributed by atoms with van der Waals surface area (Å²) in [6, 6.07) is 9.07.